The predicted molar refractivity (Wildman–Crippen MR) is 67.0 cm³/mol. The first-order valence-corrected chi connectivity index (χ1v) is 5.81. The number of hydrogen-bond acceptors (Lipinski definition) is 4. The molecule has 106 valence electrons. The van der Waals surface area contributed by atoms with Crippen molar-refractivity contribution in [1.29, 1.82) is 0 Å². The van der Waals surface area contributed by atoms with Crippen LogP contribution in [0.15, 0.2) is 12.1 Å². The van der Waals surface area contributed by atoms with Gasteiger partial charge in [0.1, 0.15) is 11.5 Å². The molecule has 0 aliphatic heterocycles. The number of benzene rings is 1. The average Bonchev–Trinajstić information content (AvgIpc) is 2.36. The summed E-state index contributed by atoms with van der Waals surface area (Å²) in [6.07, 6.45) is 0.604. The van der Waals surface area contributed by atoms with Crippen molar-refractivity contribution in [2.75, 3.05) is 18.5 Å². The molecule has 0 aromatic heterocycles. The number of nitrogens with zero attached hydrogens (tertiary/aromatic N) is 1. The Balaban J connectivity index is 3.04. The van der Waals surface area contributed by atoms with Gasteiger partial charge in [0.15, 0.2) is 5.82 Å². The molecule has 0 spiro atoms. The zero-order valence-electron chi connectivity index (χ0n) is 10.7. The number of nitro groups is 1. The van der Waals surface area contributed by atoms with Crippen molar-refractivity contribution in [1.82, 2.24) is 0 Å². The van der Waals surface area contributed by atoms with Crippen LogP contribution in [0, 0.1) is 27.2 Å². The summed E-state index contributed by atoms with van der Waals surface area (Å²) < 4.78 is 26.5. The molecule has 2 N–H and O–H groups in total. The first-order valence-electron chi connectivity index (χ1n) is 5.81. The maximum absolute atomic E-state index is 13.6. The fourth-order valence-electron chi connectivity index (χ4n) is 1.47. The van der Waals surface area contributed by atoms with E-state index in [1.807, 2.05) is 6.92 Å². The van der Waals surface area contributed by atoms with E-state index in [-0.39, 0.29) is 18.8 Å². The van der Waals surface area contributed by atoms with Gasteiger partial charge < -0.3 is 10.4 Å². The third-order valence-electron chi connectivity index (χ3n) is 3.16. The van der Waals surface area contributed by atoms with E-state index in [0.717, 1.165) is 0 Å². The van der Waals surface area contributed by atoms with Gasteiger partial charge in [-0.3, -0.25) is 10.1 Å². The summed E-state index contributed by atoms with van der Waals surface area (Å²) in [7, 11) is 0. The van der Waals surface area contributed by atoms with Gasteiger partial charge in [0.2, 0.25) is 0 Å². The second kappa shape index (κ2) is 5.92. The summed E-state index contributed by atoms with van der Waals surface area (Å²) in [6.45, 7) is 3.59. The monoisotopic (exact) mass is 274 g/mol. The second-order valence-corrected chi connectivity index (χ2v) is 4.71. The van der Waals surface area contributed by atoms with E-state index in [0.29, 0.717) is 18.6 Å². The normalized spacial score (nSPS) is 13.9. The van der Waals surface area contributed by atoms with Crippen molar-refractivity contribution in [3.8, 4) is 0 Å². The summed E-state index contributed by atoms with van der Waals surface area (Å²) in [4.78, 5) is 9.92. The summed E-state index contributed by atoms with van der Waals surface area (Å²) >= 11 is 0. The lowest BCUT2D eigenvalue weighted by atomic mass is 9.88. The van der Waals surface area contributed by atoms with Crippen molar-refractivity contribution >= 4 is 11.4 Å². The molecule has 0 aliphatic rings. The van der Waals surface area contributed by atoms with E-state index in [9.17, 15) is 24.0 Å². The Hall–Kier alpha value is -1.76. The minimum Gasteiger partial charge on any atom is -0.396 e. The number of aliphatic hydroxyl groups excluding tert-OH is 1. The van der Waals surface area contributed by atoms with Crippen LogP contribution in [0.3, 0.4) is 0 Å². The van der Waals surface area contributed by atoms with Gasteiger partial charge in [-0.05, 0) is 6.42 Å². The highest BCUT2D eigenvalue weighted by Gasteiger charge is 2.25. The van der Waals surface area contributed by atoms with Crippen molar-refractivity contribution in [2.45, 2.75) is 20.3 Å². The summed E-state index contributed by atoms with van der Waals surface area (Å²) in [5, 5.41) is 22.6. The zero-order chi connectivity index (χ0) is 14.6. The molecule has 0 radical (unpaired) electrons. The molecule has 1 aromatic carbocycles. The first kappa shape index (κ1) is 15.3. The molecule has 1 unspecified atom stereocenters. The van der Waals surface area contributed by atoms with Gasteiger partial charge in [-0.15, -0.1) is 0 Å². The van der Waals surface area contributed by atoms with Gasteiger partial charge in [-0.2, -0.15) is 0 Å². The number of hydrogen-bond donors (Lipinski definition) is 2. The molecular formula is C12H16F2N2O3. The van der Waals surface area contributed by atoms with Gasteiger partial charge in [-0.1, -0.05) is 13.8 Å². The number of nitrogens with one attached hydrogen (secondary N) is 1. The number of rotatable bonds is 6. The van der Waals surface area contributed by atoms with E-state index >= 15 is 0 Å². The van der Waals surface area contributed by atoms with Crippen LogP contribution in [0.25, 0.3) is 0 Å². The van der Waals surface area contributed by atoms with Crippen LogP contribution in [-0.2, 0) is 0 Å². The molecule has 0 aliphatic carbocycles. The molecule has 0 saturated heterocycles. The Labute approximate surface area is 109 Å². The lowest BCUT2D eigenvalue weighted by molar-refractivity contribution is -0.384. The van der Waals surface area contributed by atoms with Crippen LogP contribution in [0.2, 0.25) is 0 Å². The summed E-state index contributed by atoms with van der Waals surface area (Å²) in [5.74, 6) is -2.03. The topological polar surface area (TPSA) is 75.4 Å². The molecular weight excluding hydrogens is 258 g/mol. The highest BCUT2D eigenvalue weighted by molar-refractivity contribution is 5.62. The van der Waals surface area contributed by atoms with Crippen LogP contribution in [0.5, 0.6) is 0 Å². The van der Waals surface area contributed by atoms with Crippen LogP contribution >= 0.6 is 0 Å². The summed E-state index contributed by atoms with van der Waals surface area (Å²) in [6, 6.07) is 1.24. The second-order valence-electron chi connectivity index (χ2n) is 4.71. The first-order chi connectivity index (χ1) is 8.83. The third-order valence-corrected chi connectivity index (χ3v) is 3.16. The predicted octanol–water partition coefficient (Wildman–Crippen LogP) is 2.69. The van der Waals surface area contributed by atoms with E-state index in [4.69, 9.17) is 0 Å². The van der Waals surface area contributed by atoms with E-state index in [1.54, 1.807) is 6.92 Å². The molecule has 0 saturated carbocycles. The molecule has 5 nitrogen and oxygen atoms in total. The fourth-order valence-corrected chi connectivity index (χ4v) is 1.47. The Kier molecular flexibility index (Phi) is 4.77. The average molecular weight is 274 g/mol. The highest BCUT2D eigenvalue weighted by atomic mass is 19.1. The SMILES string of the molecule is CCC(C)(CO)CNc1c(F)cc(F)cc1[N+](=O)[O-]. The lowest BCUT2D eigenvalue weighted by Gasteiger charge is -2.26. The van der Waals surface area contributed by atoms with Crippen LogP contribution in [-0.4, -0.2) is 23.2 Å². The number of aliphatic hydroxyl groups is 1. The highest BCUT2D eigenvalue weighted by Crippen LogP contribution is 2.30. The van der Waals surface area contributed by atoms with Crippen molar-refractivity contribution in [3.05, 3.63) is 33.9 Å². The minimum absolute atomic E-state index is 0.142. The van der Waals surface area contributed by atoms with Gasteiger partial charge in [-0.25, -0.2) is 8.78 Å². The van der Waals surface area contributed by atoms with Crippen molar-refractivity contribution in [3.63, 3.8) is 0 Å². The smallest absolute Gasteiger partial charge is 0.298 e. The molecule has 1 aromatic rings. The molecule has 0 fully saturated rings. The molecule has 19 heavy (non-hydrogen) atoms. The lowest BCUT2D eigenvalue weighted by Crippen LogP contribution is -2.30. The van der Waals surface area contributed by atoms with E-state index in [2.05, 4.69) is 5.32 Å². The Morgan fingerprint density at radius 2 is 2.11 bits per heavy atom. The quantitative estimate of drug-likeness (QED) is 0.617. The van der Waals surface area contributed by atoms with Gasteiger partial charge in [0.25, 0.3) is 5.69 Å². The van der Waals surface area contributed by atoms with Gasteiger partial charge in [0, 0.05) is 18.0 Å². The Bertz CT molecular complexity index is 476. The van der Waals surface area contributed by atoms with Crippen LogP contribution in [0.1, 0.15) is 20.3 Å². The van der Waals surface area contributed by atoms with Gasteiger partial charge in [0.05, 0.1) is 17.6 Å². The Morgan fingerprint density at radius 1 is 1.47 bits per heavy atom. The van der Waals surface area contributed by atoms with Gasteiger partial charge >= 0.3 is 0 Å². The number of anilines is 1. The standard InChI is InChI=1S/C12H16F2N2O3/c1-3-12(2,7-17)6-15-11-9(14)4-8(13)5-10(11)16(18)19/h4-5,15,17H,3,6-7H2,1-2H3. The maximum Gasteiger partial charge on any atom is 0.298 e. The maximum atomic E-state index is 13.6. The number of halogens is 2. The molecule has 1 atom stereocenters. The largest absolute Gasteiger partial charge is 0.396 e. The molecule has 0 heterocycles. The van der Waals surface area contributed by atoms with Crippen molar-refractivity contribution in [2.24, 2.45) is 5.41 Å². The van der Waals surface area contributed by atoms with Crippen molar-refractivity contribution < 1.29 is 18.8 Å². The minimum atomic E-state index is -1.02. The number of nitro benzene ring substituents is 1. The Morgan fingerprint density at radius 3 is 2.58 bits per heavy atom. The fraction of sp³-hybridized carbons (Fsp3) is 0.500. The van der Waals surface area contributed by atoms with E-state index < -0.39 is 27.7 Å². The van der Waals surface area contributed by atoms with Crippen LogP contribution < -0.4 is 5.32 Å². The molecule has 0 bridgehead atoms. The third kappa shape index (κ3) is 3.60. The zero-order valence-corrected chi connectivity index (χ0v) is 10.7. The van der Waals surface area contributed by atoms with E-state index in [1.165, 1.54) is 0 Å². The molecule has 0 amide bonds. The van der Waals surface area contributed by atoms with Crippen LogP contribution in [0.4, 0.5) is 20.2 Å². The molecule has 1 rings (SSSR count). The summed E-state index contributed by atoms with van der Waals surface area (Å²) in [5.41, 5.74) is -1.55. The molecule has 7 heteroatoms.